The van der Waals surface area contributed by atoms with E-state index in [1.165, 1.54) is 12.1 Å². The molecule has 7 heteroatoms. The van der Waals surface area contributed by atoms with E-state index in [2.05, 4.69) is 64.5 Å². The van der Waals surface area contributed by atoms with Gasteiger partial charge in [0.25, 0.3) is 0 Å². The molecule has 0 radical (unpaired) electrons. The molecular formula is C31H32Br2FNO3. The summed E-state index contributed by atoms with van der Waals surface area (Å²) in [6.07, 6.45) is 2.49. The van der Waals surface area contributed by atoms with Crippen molar-refractivity contribution in [3.63, 3.8) is 0 Å². The Labute approximate surface area is 240 Å². The number of hydrogen-bond acceptors (Lipinski definition) is 4. The lowest BCUT2D eigenvalue weighted by molar-refractivity contribution is -0.119. The first-order valence-corrected chi connectivity index (χ1v) is 14.5. The van der Waals surface area contributed by atoms with Gasteiger partial charge in [0.05, 0.1) is 8.95 Å². The van der Waals surface area contributed by atoms with E-state index in [0.717, 1.165) is 55.5 Å². The Kier molecular flexibility index (Phi) is 7.00. The number of ketones is 2. The number of hydrogen-bond donors (Lipinski definition) is 0. The van der Waals surface area contributed by atoms with Crippen LogP contribution in [-0.2, 0) is 16.2 Å². The van der Waals surface area contributed by atoms with E-state index in [-0.39, 0.29) is 34.8 Å². The molecule has 0 aromatic heterocycles. The molecule has 38 heavy (non-hydrogen) atoms. The van der Waals surface area contributed by atoms with Crippen molar-refractivity contribution in [2.24, 2.45) is 10.8 Å². The van der Waals surface area contributed by atoms with Crippen LogP contribution in [0.3, 0.4) is 0 Å². The van der Waals surface area contributed by atoms with Gasteiger partial charge in [0.15, 0.2) is 11.6 Å². The normalized spacial score (nSPS) is 21.0. The minimum atomic E-state index is -0.415. The van der Waals surface area contributed by atoms with Gasteiger partial charge in [-0.1, -0.05) is 39.8 Å². The minimum Gasteiger partial charge on any atom is -0.487 e. The smallest absolute Gasteiger partial charge is 0.162 e. The summed E-state index contributed by atoms with van der Waals surface area (Å²) in [4.78, 5) is 29.6. The molecule has 4 nitrogen and oxygen atoms in total. The van der Waals surface area contributed by atoms with E-state index in [4.69, 9.17) is 4.74 Å². The maximum absolute atomic E-state index is 13.7. The number of carbonyl (C=O) groups excluding carboxylic acids is 2. The van der Waals surface area contributed by atoms with Gasteiger partial charge in [-0.3, -0.25) is 9.59 Å². The van der Waals surface area contributed by atoms with Gasteiger partial charge in [-0.25, -0.2) is 4.39 Å². The summed E-state index contributed by atoms with van der Waals surface area (Å²) in [5.41, 5.74) is 5.01. The maximum atomic E-state index is 13.7. The van der Waals surface area contributed by atoms with Gasteiger partial charge < -0.3 is 9.64 Å². The third kappa shape index (κ3) is 5.04. The number of ether oxygens (including phenoxy) is 1. The minimum absolute atomic E-state index is 0.112. The predicted octanol–water partition coefficient (Wildman–Crippen LogP) is 8.25. The molecule has 0 atom stereocenters. The SMILES string of the molecule is CN1C2=C(C(=O)CC(C)(C)C2)C(c2cc(Br)c(OCc3ccc(F)cc3)c(Br)c2)C2=C1CC(C)(C)CC2=O. The molecule has 0 saturated carbocycles. The fourth-order valence-electron chi connectivity index (χ4n) is 6.12. The summed E-state index contributed by atoms with van der Waals surface area (Å²) in [5.74, 6) is 0.133. The second-order valence-electron chi connectivity index (χ2n) is 12.3. The highest BCUT2D eigenvalue weighted by atomic mass is 79.9. The molecule has 0 N–H and O–H groups in total. The number of Topliss-reactive ketones (excluding diaryl/α,β-unsaturated/α-hetero) is 2. The molecule has 0 saturated heterocycles. The fourth-order valence-corrected chi connectivity index (χ4v) is 7.57. The summed E-state index contributed by atoms with van der Waals surface area (Å²) in [6, 6.07) is 10.1. The second kappa shape index (κ2) is 9.74. The Morgan fingerprint density at radius 2 is 1.34 bits per heavy atom. The third-order valence-electron chi connectivity index (χ3n) is 7.83. The molecule has 1 heterocycles. The summed E-state index contributed by atoms with van der Waals surface area (Å²) in [7, 11) is 2.02. The van der Waals surface area contributed by atoms with E-state index in [1.807, 2.05) is 19.2 Å². The molecule has 2 aliphatic carbocycles. The van der Waals surface area contributed by atoms with E-state index in [1.54, 1.807) is 12.1 Å². The van der Waals surface area contributed by atoms with Crippen LogP contribution in [0.4, 0.5) is 4.39 Å². The van der Waals surface area contributed by atoms with Gasteiger partial charge in [-0.05, 0) is 90.9 Å². The number of halogens is 3. The van der Waals surface area contributed by atoms with Crippen molar-refractivity contribution < 1.29 is 18.7 Å². The molecule has 0 bridgehead atoms. The van der Waals surface area contributed by atoms with Crippen molar-refractivity contribution in [3.8, 4) is 5.75 Å². The lowest BCUT2D eigenvalue weighted by Crippen LogP contribution is -2.43. The monoisotopic (exact) mass is 643 g/mol. The fraction of sp³-hybridized carbons (Fsp3) is 0.419. The van der Waals surface area contributed by atoms with E-state index >= 15 is 0 Å². The molecule has 5 rings (SSSR count). The van der Waals surface area contributed by atoms with Gasteiger partial charge >= 0.3 is 0 Å². The highest BCUT2D eigenvalue weighted by Crippen LogP contribution is 2.54. The zero-order valence-electron chi connectivity index (χ0n) is 22.4. The molecule has 2 aromatic carbocycles. The van der Waals surface area contributed by atoms with Crippen LogP contribution < -0.4 is 4.74 Å². The van der Waals surface area contributed by atoms with Gasteiger partial charge in [0.1, 0.15) is 18.2 Å². The van der Waals surface area contributed by atoms with Crippen molar-refractivity contribution in [3.05, 3.63) is 84.8 Å². The van der Waals surface area contributed by atoms with Gasteiger partial charge in [0.2, 0.25) is 0 Å². The Bertz CT molecular complexity index is 1330. The topological polar surface area (TPSA) is 46.6 Å². The Morgan fingerprint density at radius 3 is 1.82 bits per heavy atom. The lowest BCUT2D eigenvalue weighted by atomic mass is 9.64. The second-order valence-corrected chi connectivity index (χ2v) is 14.0. The van der Waals surface area contributed by atoms with Crippen LogP contribution in [-0.4, -0.2) is 23.5 Å². The van der Waals surface area contributed by atoms with E-state index in [9.17, 15) is 14.0 Å². The number of nitrogens with zero attached hydrogens (tertiary/aromatic N) is 1. The molecule has 0 spiro atoms. The molecule has 1 aliphatic heterocycles. The summed E-state index contributed by atoms with van der Waals surface area (Å²) in [6.45, 7) is 8.82. The van der Waals surface area contributed by atoms with Crippen LogP contribution in [0.1, 0.15) is 70.4 Å². The molecule has 2 aromatic rings. The summed E-state index contributed by atoms with van der Waals surface area (Å²) >= 11 is 7.35. The predicted molar refractivity (Wildman–Crippen MR) is 153 cm³/mol. The Hall–Kier alpha value is -2.25. The average Bonchev–Trinajstić information content (AvgIpc) is 2.79. The van der Waals surface area contributed by atoms with Gasteiger partial charge in [-0.2, -0.15) is 0 Å². The summed E-state index contributed by atoms with van der Waals surface area (Å²) in [5, 5.41) is 0. The van der Waals surface area contributed by atoms with E-state index in [0.29, 0.717) is 18.6 Å². The van der Waals surface area contributed by atoms with Crippen LogP contribution in [0.5, 0.6) is 5.75 Å². The zero-order valence-corrected chi connectivity index (χ0v) is 25.6. The zero-order chi connectivity index (χ0) is 27.6. The standard InChI is InChI=1S/C31H32Br2FNO3/c1-30(2)12-22-27(24(36)14-30)26(28-23(35(22)5)13-31(3,4)15-25(28)37)18-10-20(32)29(21(33)11-18)38-16-17-6-8-19(34)9-7-17/h6-11,26H,12-16H2,1-5H3. The number of rotatable bonds is 4. The molecular weight excluding hydrogens is 613 g/mol. The highest BCUT2D eigenvalue weighted by Gasteiger charge is 2.48. The third-order valence-corrected chi connectivity index (χ3v) is 9.01. The number of benzene rings is 2. The molecule has 0 fully saturated rings. The van der Waals surface area contributed by atoms with Gasteiger partial charge in [0, 0.05) is 48.3 Å². The molecule has 3 aliphatic rings. The number of carbonyl (C=O) groups is 2. The summed E-state index contributed by atoms with van der Waals surface area (Å²) < 4.78 is 20.8. The van der Waals surface area contributed by atoms with Crippen molar-refractivity contribution in [2.45, 2.75) is 65.9 Å². The van der Waals surface area contributed by atoms with Crippen molar-refractivity contribution in [2.75, 3.05) is 7.05 Å². The first-order valence-electron chi connectivity index (χ1n) is 12.9. The van der Waals surface area contributed by atoms with Crippen molar-refractivity contribution in [1.29, 1.82) is 0 Å². The first kappa shape index (κ1) is 27.3. The Balaban J connectivity index is 1.59. The highest BCUT2D eigenvalue weighted by molar-refractivity contribution is 9.11. The average molecular weight is 645 g/mol. The van der Waals surface area contributed by atoms with Crippen LogP contribution in [0.25, 0.3) is 0 Å². The molecule has 200 valence electrons. The van der Waals surface area contributed by atoms with E-state index < -0.39 is 5.92 Å². The van der Waals surface area contributed by atoms with Crippen molar-refractivity contribution >= 4 is 43.4 Å². The van der Waals surface area contributed by atoms with Gasteiger partial charge in [-0.15, -0.1) is 0 Å². The molecule has 0 unspecified atom stereocenters. The quantitative estimate of drug-likeness (QED) is 0.336. The maximum Gasteiger partial charge on any atom is 0.162 e. The van der Waals surface area contributed by atoms with Crippen LogP contribution in [0, 0.1) is 16.6 Å². The number of allylic oxidation sites excluding steroid dienone is 4. The van der Waals surface area contributed by atoms with Crippen LogP contribution in [0.15, 0.2) is 67.9 Å². The van der Waals surface area contributed by atoms with Crippen LogP contribution >= 0.6 is 31.9 Å². The van der Waals surface area contributed by atoms with Crippen molar-refractivity contribution in [1.82, 2.24) is 4.90 Å². The molecule has 0 amide bonds. The lowest BCUT2D eigenvalue weighted by Gasteiger charge is -2.48. The van der Waals surface area contributed by atoms with Crippen LogP contribution in [0.2, 0.25) is 0 Å². The first-order chi connectivity index (χ1) is 17.8. The largest absolute Gasteiger partial charge is 0.487 e. The Morgan fingerprint density at radius 1 is 0.868 bits per heavy atom.